The molecule has 1 N–H and O–H groups in total. The van der Waals surface area contributed by atoms with Crippen LogP contribution in [0.25, 0.3) is 0 Å². The summed E-state index contributed by atoms with van der Waals surface area (Å²) in [6.07, 6.45) is 1.75. The Kier molecular flexibility index (Phi) is 4.31. The van der Waals surface area contributed by atoms with Gasteiger partial charge in [0.05, 0.1) is 0 Å². The van der Waals surface area contributed by atoms with Gasteiger partial charge in [0, 0.05) is 36.3 Å². The largest absolute Gasteiger partial charge is 0.341 e. The molecular weight excluding hydrogens is 312 g/mol. The first-order chi connectivity index (χ1) is 11.8. The molecule has 1 heterocycles. The predicted octanol–water partition coefficient (Wildman–Crippen LogP) is 3.38. The number of benzene rings is 1. The van der Waals surface area contributed by atoms with Crippen molar-refractivity contribution < 1.29 is 4.79 Å². The fraction of sp³-hybridized carbons (Fsp3) is 0.429. The highest BCUT2D eigenvalue weighted by molar-refractivity contribution is 5.94. The van der Waals surface area contributed by atoms with Crippen LogP contribution in [0.5, 0.6) is 0 Å². The Morgan fingerprint density at radius 1 is 1.20 bits per heavy atom. The minimum atomic E-state index is -0.222. The van der Waals surface area contributed by atoms with Crippen molar-refractivity contribution in [3.05, 3.63) is 69.6 Å². The molecule has 1 aliphatic rings. The number of carbonyl (C=O) groups excluding carboxylic acids is 1. The molecule has 0 radical (unpaired) electrons. The Balaban J connectivity index is 1.86. The third-order valence-electron chi connectivity index (χ3n) is 5.62. The van der Waals surface area contributed by atoms with E-state index in [0.29, 0.717) is 18.5 Å². The smallest absolute Gasteiger partial charge is 0.253 e. The van der Waals surface area contributed by atoms with Gasteiger partial charge in [-0.05, 0) is 29.9 Å². The SMILES string of the molecule is CCc1cc(C(=O)N(C)CC2(c3ccccc3)CC2(C)C)cc(=O)[nH]1. The third kappa shape index (κ3) is 3.13. The Bertz CT molecular complexity index is 838. The molecule has 0 spiro atoms. The first kappa shape index (κ1) is 17.5. The van der Waals surface area contributed by atoms with E-state index in [4.69, 9.17) is 0 Å². The summed E-state index contributed by atoms with van der Waals surface area (Å²) < 4.78 is 0. The maximum atomic E-state index is 12.9. The number of nitrogens with one attached hydrogen (secondary N) is 1. The number of hydrogen-bond donors (Lipinski definition) is 1. The van der Waals surface area contributed by atoms with Crippen molar-refractivity contribution in [1.82, 2.24) is 9.88 Å². The molecule has 1 aromatic heterocycles. The van der Waals surface area contributed by atoms with E-state index < -0.39 is 0 Å². The van der Waals surface area contributed by atoms with Gasteiger partial charge in [-0.15, -0.1) is 0 Å². The number of nitrogens with zero attached hydrogens (tertiary/aromatic N) is 1. The molecule has 1 aliphatic carbocycles. The minimum absolute atomic E-state index is 0.0204. The summed E-state index contributed by atoms with van der Waals surface area (Å²) >= 11 is 0. The van der Waals surface area contributed by atoms with Crippen LogP contribution in [0.2, 0.25) is 0 Å². The average molecular weight is 338 g/mol. The highest BCUT2D eigenvalue weighted by atomic mass is 16.2. The van der Waals surface area contributed by atoms with Gasteiger partial charge >= 0.3 is 0 Å². The number of aromatic nitrogens is 1. The lowest BCUT2D eigenvalue weighted by Gasteiger charge is -2.28. The van der Waals surface area contributed by atoms with Crippen LogP contribution in [0.4, 0.5) is 0 Å². The molecule has 1 fully saturated rings. The molecule has 25 heavy (non-hydrogen) atoms. The average Bonchev–Trinajstić information content (AvgIpc) is 3.16. The Morgan fingerprint density at radius 3 is 2.40 bits per heavy atom. The molecule has 1 amide bonds. The maximum Gasteiger partial charge on any atom is 0.253 e. The minimum Gasteiger partial charge on any atom is -0.341 e. The van der Waals surface area contributed by atoms with Gasteiger partial charge in [-0.3, -0.25) is 9.59 Å². The van der Waals surface area contributed by atoms with E-state index in [9.17, 15) is 9.59 Å². The molecule has 0 aliphatic heterocycles. The van der Waals surface area contributed by atoms with Crippen molar-refractivity contribution in [2.75, 3.05) is 13.6 Å². The Morgan fingerprint density at radius 2 is 1.84 bits per heavy atom. The monoisotopic (exact) mass is 338 g/mol. The quantitative estimate of drug-likeness (QED) is 0.909. The highest BCUT2D eigenvalue weighted by Gasteiger charge is 2.62. The van der Waals surface area contributed by atoms with Crippen molar-refractivity contribution in [3.8, 4) is 0 Å². The highest BCUT2D eigenvalue weighted by Crippen LogP contribution is 2.64. The lowest BCUT2D eigenvalue weighted by atomic mass is 9.87. The van der Waals surface area contributed by atoms with Gasteiger partial charge in [0.25, 0.3) is 5.91 Å². The van der Waals surface area contributed by atoms with Gasteiger partial charge in [0.1, 0.15) is 0 Å². The second kappa shape index (κ2) is 6.17. The predicted molar refractivity (Wildman–Crippen MR) is 99.9 cm³/mol. The van der Waals surface area contributed by atoms with Crippen LogP contribution in [0.15, 0.2) is 47.3 Å². The van der Waals surface area contributed by atoms with Crippen molar-refractivity contribution in [2.45, 2.75) is 39.0 Å². The van der Waals surface area contributed by atoms with Crippen molar-refractivity contribution in [1.29, 1.82) is 0 Å². The number of pyridine rings is 1. The second-order valence-electron chi connectivity index (χ2n) is 7.78. The second-order valence-corrected chi connectivity index (χ2v) is 7.78. The lowest BCUT2D eigenvalue weighted by molar-refractivity contribution is 0.0774. The standard InChI is InChI=1S/C21H26N2O2/c1-5-17-11-15(12-18(24)22-17)19(25)23(4)14-21(13-20(21,2)3)16-9-7-6-8-10-16/h6-12H,5,13-14H2,1-4H3,(H,22,24). The zero-order valence-corrected chi connectivity index (χ0v) is 15.4. The Labute approximate surface area is 148 Å². The summed E-state index contributed by atoms with van der Waals surface area (Å²) in [5.74, 6) is -0.0983. The van der Waals surface area contributed by atoms with Gasteiger partial charge in [-0.1, -0.05) is 51.1 Å². The summed E-state index contributed by atoms with van der Waals surface area (Å²) in [6, 6.07) is 13.6. The normalized spacial score (nSPS) is 21.0. The van der Waals surface area contributed by atoms with E-state index in [2.05, 4.69) is 43.1 Å². The van der Waals surface area contributed by atoms with Crippen LogP contribution in [0.3, 0.4) is 0 Å². The zero-order chi connectivity index (χ0) is 18.2. The molecule has 1 unspecified atom stereocenters. The third-order valence-corrected chi connectivity index (χ3v) is 5.62. The number of rotatable bonds is 5. The lowest BCUT2D eigenvalue weighted by Crippen LogP contribution is -2.37. The molecule has 4 nitrogen and oxygen atoms in total. The van der Waals surface area contributed by atoms with Crippen molar-refractivity contribution in [3.63, 3.8) is 0 Å². The number of amides is 1. The number of likely N-dealkylation sites (N-methyl/N-ethyl adjacent to an activating group) is 1. The van der Waals surface area contributed by atoms with E-state index in [1.54, 1.807) is 11.0 Å². The van der Waals surface area contributed by atoms with E-state index >= 15 is 0 Å². The number of hydrogen-bond acceptors (Lipinski definition) is 2. The number of aryl methyl sites for hydroxylation is 1. The molecule has 1 aromatic carbocycles. The van der Waals surface area contributed by atoms with Crippen LogP contribution in [0, 0.1) is 5.41 Å². The van der Waals surface area contributed by atoms with Gasteiger partial charge in [0.2, 0.25) is 5.56 Å². The van der Waals surface area contributed by atoms with Crippen LogP contribution in [-0.2, 0) is 11.8 Å². The van der Waals surface area contributed by atoms with Crippen LogP contribution >= 0.6 is 0 Å². The van der Waals surface area contributed by atoms with E-state index in [-0.39, 0.29) is 22.3 Å². The number of carbonyl (C=O) groups is 1. The van der Waals surface area contributed by atoms with Gasteiger partial charge < -0.3 is 9.88 Å². The van der Waals surface area contributed by atoms with Crippen LogP contribution < -0.4 is 5.56 Å². The Hall–Kier alpha value is -2.36. The molecule has 132 valence electrons. The number of H-pyrrole nitrogens is 1. The molecule has 4 heteroatoms. The van der Waals surface area contributed by atoms with Crippen LogP contribution in [0.1, 0.15) is 48.8 Å². The fourth-order valence-corrected chi connectivity index (χ4v) is 3.93. The summed E-state index contributed by atoms with van der Waals surface area (Å²) in [4.78, 5) is 29.2. The van der Waals surface area contributed by atoms with Gasteiger partial charge in [-0.2, -0.15) is 0 Å². The first-order valence-electron chi connectivity index (χ1n) is 8.83. The first-order valence-corrected chi connectivity index (χ1v) is 8.83. The van der Waals surface area contributed by atoms with Crippen molar-refractivity contribution in [2.24, 2.45) is 5.41 Å². The summed E-state index contributed by atoms with van der Waals surface area (Å²) in [5, 5.41) is 0. The van der Waals surface area contributed by atoms with Crippen LogP contribution in [-0.4, -0.2) is 29.4 Å². The molecule has 0 bridgehead atoms. The molecule has 1 saturated carbocycles. The maximum absolute atomic E-state index is 12.9. The van der Waals surface area contributed by atoms with Crippen molar-refractivity contribution >= 4 is 5.91 Å². The molecule has 3 rings (SSSR count). The zero-order valence-electron chi connectivity index (χ0n) is 15.4. The molecule has 2 aromatic rings. The fourth-order valence-electron chi connectivity index (χ4n) is 3.93. The molecule has 0 saturated heterocycles. The van der Waals surface area contributed by atoms with E-state index in [1.165, 1.54) is 11.6 Å². The molecule has 1 atom stereocenters. The molecular formula is C21H26N2O2. The van der Waals surface area contributed by atoms with Gasteiger partial charge in [0.15, 0.2) is 0 Å². The van der Waals surface area contributed by atoms with Gasteiger partial charge in [-0.25, -0.2) is 0 Å². The number of aromatic amines is 1. The summed E-state index contributed by atoms with van der Waals surface area (Å²) in [7, 11) is 1.83. The van der Waals surface area contributed by atoms with E-state index in [0.717, 1.165) is 12.1 Å². The topological polar surface area (TPSA) is 53.2 Å². The van der Waals surface area contributed by atoms with E-state index in [1.807, 2.05) is 20.0 Å². The summed E-state index contributed by atoms with van der Waals surface area (Å²) in [6.45, 7) is 7.11. The summed E-state index contributed by atoms with van der Waals surface area (Å²) in [5.41, 5.74) is 2.44.